The lowest BCUT2D eigenvalue weighted by Crippen LogP contribution is -2.49. The van der Waals surface area contributed by atoms with Crippen molar-refractivity contribution in [1.29, 1.82) is 0 Å². The van der Waals surface area contributed by atoms with Crippen molar-refractivity contribution in [2.24, 2.45) is 0 Å². The fourth-order valence-corrected chi connectivity index (χ4v) is 4.85. The minimum atomic E-state index is -0.637. The van der Waals surface area contributed by atoms with Crippen LogP contribution in [-0.4, -0.2) is 89.5 Å². The van der Waals surface area contributed by atoms with Crippen LogP contribution in [0.2, 0.25) is 0 Å². The van der Waals surface area contributed by atoms with Crippen molar-refractivity contribution in [3.05, 3.63) is 71.4 Å². The van der Waals surface area contributed by atoms with Gasteiger partial charge in [-0.3, -0.25) is 29.3 Å². The van der Waals surface area contributed by atoms with Gasteiger partial charge in [-0.05, 0) is 29.8 Å². The molecule has 0 aliphatic carbocycles. The van der Waals surface area contributed by atoms with Gasteiger partial charge in [0, 0.05) is 57.4 Å². The number of hydrogen-bond acceptors (Lipinski definition) is 7. The molecule has 3 heterocycles. The predicted molar refractivity (Wildman–Crippen MR) is 128 cm³/mol. The van der Waals surface area contributed by atoms with Gasteiger partial charge in [-0.1, -0.05) is 24.3 Å². The van der Waals surface area contributed by atoms with Gasteiger partial charge < -0.3 is 9.84 Å². The fraction of sp³-hybridized carbons (Fsp3) is 0.346. The SMILES string of the molecule is COc1cccc2c([C@H](O)CN3CCN(CCN4C(=O)c5ccccc5C4=O)CC3)ccnc12. The molecule has 2 amide bonds. The average Bonchev–Trinajstić information content (AvgIpc) is 3.12. The monoisotopic (exact) mass is 460 g/mol. The van der Waals surface area contributed by atoms with Crippen LogP contribution >= 0.6 is 0 Å². The van der Waals surface area contributed by atoms with Crippen LogP contribution in [0.5, 0.6) is 5.75 Å². The molecule has 1 fully saturated rings. The summed E-state index contributed by atoms with van der Waals surface area (Å²) in [5, 5.41) is 11.9. The number of pyridine rings is 1. The van der Waals surface area contributed by atoms with Crippen LogP contribution in [0.3, 0.4) is 0 Å². The van der Waals surface area contributed by atoms with Gasteiger partial charge in [0.2, 0.25) is 0 Å². The van der Waals surface area contributed by atoms with Gasteiger partial charge in [0.1, 0.15) is 11.3 Å². The Hall–Kier alpha value is -3.33. The Morgan fingerprint density at radius 3 is 2.26 bits per heavy atom. The summed E-state index contributed by atoms with van der Waals surface area (Å²) < 4.78 is 5.41. The number of ether oxygens (including phenoxy) is 1. The minimum Gasteiger partial charge on any atom is -0.494 e. The van der Waals surface area contributed by atoms with Crippen LogP contribution in [0.25, 0.3) is 10.9 Å². The number of amides is 2. The van der Waals surface area contributed by atoms with Gasteiger partial charge in [0.15, 0.2) is 0 Å². The Labute approximate surface area is 198 Å². The highest BCUT2D eigenvalue weighted by Crippen LogP contribution is 2.29. The maximum Gasteiger partial charge on any atom is 0.261 e. The molecule has 0 radical (unpaired) electrons. The van der Waals surface area contributed by atoms with E-state index in [2.05, 4.69) is 14.8 Å². The summed E-state index contributed by atoms with van der Waals surface area (Å²) in [5.41, 5.74) is 2.58. The van der Waals surface area contributed by atoms with E-state index >= 15 is 0 Å². The quantitative estimate of drug-likeness (QED) is 0.541. The maximum absolute atomic E-state index is 12.6. The number of fused-ring (bicyclic) bond motifs is 2. The van der Waals surface area contributed by atoms with Crippen LogP contribution in [0.1, 0.15) is 32.4 Å². The molecule has 176 valence electrons. The van der Waals surface area contributed by atoms with Gasteiger partial charge in [-0.15, -0.1) is 0 Å². The third-order valence-electron chi connectivity index (χ3n) is 6.76. The normalized spacial score (nSPS) is 17.9. The first-order chi connectivity index (χ1) is 16.6. The summed E-state index contributed by atoms with van der Waals surface area (Å²) in [5.74, 6) is 0.283. The van der Waals surface area contributed by atoms with Crippen molar-refractivity contribution in [3.63, 3.8) is 0 Å². The molecule has 0 spiro atoms. The average molecular weight is 461 g/mol. The zero-order chi connectivity index (χ0) is 23.7. The van der Waals surface area contributed by atoms with Crippen LogP contribution < -0.4 is 4.74 Å². The Bertz CT molecular complexity index is 1190. The van der Waals surface area contributed by atoms with Gasteiger partial charge in [0.25, 0.3) is 11.8 Å². The third-order valence-corrected chi connectivity index (χ3v) is 6.76. The lowest BCUT2D eigenvalue weighted by atomic mass is 10.0. The van der Waals surface area contributed by atoms with Crippen molar-refractivity contribution in [2.75, 3.05) is 52.9 Å². The number of rotatable bonds is 7. The predicted octanol–water partition coefficient (Wildman–Crippen LogP) is 2.19. The second-order valence-corrected chi connectivity index (χ2v) is 8.72. The molecule has 2 aromatic carbocycles. The van der Waals surface area contributed by atoms with E-state index in [1.165, 1.54) is 4.90 Å². The Kier molecular flexibility index (Phi) is 6.28. The Morgan fingerprint density at radius 1 is 0.912 bits per heavy atom. The highest BCUT2D eigenvalue weighted by Gasteiger charge is 2.35. The van der Waals surface area contributed by atoms with Crippen molar-refractivity contribution in [2.45, 2.75) is 6.10 Å². The summed E-state index contributed by atoms with van der Waals surface area (Å²) in [6.07, 6.45) is 1.07. The number of hydrogen-bond donors (Lipinski definition) is 1. The molecule has 0 saturated carbocycles. The number of aliphatic hydroxyl groups is 1. The molecule has 1 atom stereocenters. The Balaban J connectivity index is 1.15. The standard InChI is InChI=1S/C26H28N4O4/c1-34-23-8-4-7-19-18(9-10-27-24(19)23)22(31)17-29-13-11-28(12-14-29)15-16-30-25(32)20-5-2-3-6-21(20)26(30)33/h2-10,22,31H,11-17H2,1H3/t22-/m1/s1. The number of benzene rings is 2. The second kappa shape index (κ2) is 9.50. The lowest BCUT2D eigenvalue weighted by Gasteiger charge is -2.36. The zero-order valence-electron chi connectivity index (χ0n) is 19.2. The summed E-state index contributed by atoms with van der Waals surface area (Å²) in [6, 6.07) is 14.6. The summed E-state index contributed by atoms with van der Waals surface area (Å²) >= 11 is 0. The number of imide groups is 1. The van der Waals surface area contributed by atoms with Gasteiger partial charge in [-0.2, -0.15) is 0 Å². The molecular formula is C26H28N4O4. The molecule has 2 aliphatic heterocycles. The van der Waals surface area contributed by atoms with E-state index in [1.807, 2.05) is 24.3 Å². The largest absolute Gasteiger partial charge is 0.494 e. The van der Waals surface area contributed by atoms with Gasteiger partial charge in [-0.25, -0.2) is 0 Å². The van der Waals surface area contributed by atoms with E-state index in [0.717, 1.165) is 42.6 Å². The third kappa shape index (κ3) is 4.16. The van der Waals surface area contributed by atoms with E-state index in [0.29, 0.717) is 36.5 Å². The van der Waals surface area contributed by atoms with Crippen molar-refractivity contribution in [1.82, 2.24) is 19.7 Å². The maximum atomic E-state index is 12.6. The van der Waals surface area contributed by atoms with Crippen LogP contribution in [0.15, 0.2) is 54.7 Å². The van der Waals surface area contributed by atoms with Crippen LogP contribution in [-0.2, 0) is 0 Å². The topological polar surface area (TPSA) is 86.2 Å². The molecule has 3 aromatic rings. The van der Waals surface area contributed by atoms with E-state index < -0.39 is 6.10 Å². The molecule has 8 nitrogen and oxygen atoms in total. The highest BCUT2D eigenvalue weighted by atomic mass is 16.5. The van der Waals surface area contributed by atoms with Crippen molar-refractivity contribution in [3.8, 4) is 5.75 Å². The first-order valence-corrected chi connectivity index (χ1v) is 11.6. The number of nitrogens with zero attached hydrogens (tertiary/aromatic N) is 4. The molecule has 1 aromatic heterocycles. The molecule has 5 rings (SSSR count). The number of methoxy groups -OCH3 is 1. The number of piperazine rings is 1. The number of para-hydroxylation sites is 1. The van der Waals surface area contributed by atoms with E-state index in [1.54, 1.807) is 37.6 Å². The van der Waals surface area contributed by atoms with E-state index in [4.69, 9.17) is 4.74 Å². The molecule has 0 bridgehead atoms. The molecule has 8 heteroatoms. The fourth-order valence-electron chi connectivity index (χ4n) is 4.85. The minimum absolute atomic E-state index is 0.205. The summed E-state index contributed by atoms with van der Waals surface area (Å²) in [4.78, 5) is 35.4. The second-order valence-electron chi connectivity index (χ2n) is 8.72. The molecular weight excluding hydrogens is 432 g/mol. The van der Waals surface area contributed by atoms with Crippen LogP contribution in [0.4, 0.5) is 0 Å². The smallest absolute Gasteiger partial charge is 0.261 e. The van der Waals surface area contributed by atoms with Crippen molar-refractivity contribution >= 4 is 22.7 Å². The summed E-state index contributed by atoms with van der Waals surface area (Å²) in [7, 11) is 1.62. The number of β-amino-alcohol motifs (C(OH)–C–C–N with tert-alkyl or cyclic N) is 1. The van der Waals surface area contributed by atoms with E-state index in [9.17, 15) is 14.7 Å². The molecule has 34 heavy (non-hydrogen) atoms. The molecule has 1 saturated heterocycles. The molecule has 0 unspecified atom stereocenters. The lowest BCUT2D eigenvalue weighted by molar-refractivity contribution is 0.0564. The zero-order valence-corrected chi connectivity index (χ0v) is 19.2. The Morgan fingerprint density at radius 2 is 1.59 bits per heavy atom. The first-order valence-electron chi connectivity index (χ1n) is 11.6. The number of aromatic nitrogens is 1. The number of carbonyl (C=O) groups is 2. The first kappa shape index (κ1) is 22.5. The van der Waals surface area contributed by atoms with Gasteiger partial charge in [0.05, 0.1) is 24.3 Å². The van der Waals surface area contributed by atoms with E-state index in [-0.39, 0.29) is 11.8 Å². The van der Waals surface area contributed by atoms with Crippen molar-refractivity contribution < 1.29 is 19.4 Å². The highest BCUT2D eigenvalue weighted by molar-refractivity contribution is 6.21. The van der Waals surface area contributed by atoms with Gasteiger partial charge >= 0.3 is 0 Å². The number of carbonyl (C=O) groups excluding carboxylic acids is 2. The summed E-state index contributed by atoms with van der Waals surface area (Å²) in [6.45, 7) is 4.83. The van der Waals surface area contributed by atoms with Crippen LogP contribution in [0, 0.1) is 0 Å². The molecule has 2 aliphatic rings. The number of aliphatic hydroxyl groups excluding tert-OH is 1. The molecule has 1 N–H and O–H groups in total.